The van der Waals surface area contributed by atoms with Crippen LogP contribution in [0.4, 0.5) is 22.0 Å². The van der Waals surface area contributed by atoms with Crippen molar-refractivity contribution in [2.45, 2.75) is 45.3 Å². The molecule has 2 aromatic carbocycles. The maximum Gasteiger partial charge on any atom is 0.410 e. The van der Waals surface area contributed by atoms with Crippen molar-refractivity contribution in [1.29, 1.82) is 0 Å². The Morgan fingerprint density at radius 3 is 2.78 bits per heavy atom. The minimum atomic E-state index is -0.402. The summed E-state index contributed by atoms with van der Waals surface area (Å²) in [7, 11) is 0. The lowest BCUT2D eigenvalue weighted by molar-refractivity contribution is -0.111. The molecule has 2 aromatic heterocycles. The second kappa shape index (κ2) is 15.2. The standard InChI is InChI=1S/C33H35ClN6O5/c1-3-5-15-43-33(42)40-14-8-10-24(40)20-45-30-18-27-25(17-28(30)39-31(41)4-2)32(37-21-36-27)38-22-11-12-29(26(34)16-22)44-19-23-9-6-7-13-35-23/h4,6-7,9,11-13,16-18,21,24H,2-3,5,8,10,14-15,19-20H2,1H3,(H,39,41)(H,36,37,38)/t24-/m0/s1. The summed E-state index contributed by atoms with van der Waals surface area (Å²) in [4.78, 5) is 39.8. The summed E-state index contributed by atoms with van der Waals surface area (Å²) < 4.78 is 17.5. The fraction of sp³-hybridized carbons (Fsp3) is 0.303. The molecule has 1 saturated heterocycles. The number of nitrogens with one attached hydrogen (secondary N) is 2. The molecule has 1 aliphatic heterocycles. The first-order valence-corrected chi connectivity index (χ1v) is 15.2. The van der Waals surface area contributed by atoms with Crippen LogP contribution in [-0.2, 0) is 16.1 Å². The van der Waals surface area contributed by atoms with Gasteiger partial charge in [-0.15, -0.1) is 0 Å². The lowest BCUT2D eigenvalue weighted by Crippen LogP contribution is -2.39. The van der Waals surface area contributed by atoms with E-state index in [1.165, 1.54) is 12.4 Å². The van der Waals surface area contributed by atoms with Gasteiger partial charge in [0, 0.05) is 29.9 Å². The van der Waals surface area contributed by atoms with Crippen LogP contribution in [-0.4, -0.2) is 57.7 Å². The zero-order chi connectivity index (χ0) is 31.6. The third kappa shape index (κ3) is 8.18. The van der Waals surface area contributed by atoms with Gasteiger partial charge in [0.25, 0.3) is 0 Å². The summed E-state index contributed by atoms with van der Waals surface area (Å²) in [5, 5.41) is 7.15. The number of carbonyl (C=O) groups excluding carboxylic acids is 2. The number of fused-ring (bicyclic) bond motifs is 1. The highest BCUT2D eigenvalue weighted by Crippen LogP contribution is 2.35. The Bertz CT molecular complexity index is 1650. The summed E-state index contributed by atoms with van der Waals surface area (Å²) >= 11 is 6.53. The van der Waals surface area contributed by atoms with Crippen LogP contribution in [0.25, 0.3) is 10.9 Å². The van der Waals surface area contributed by atoms with Crippen molar-refractivity contribution in [3.63, 3.8) is 0 Å². The topological polar surface area (TPSA) is 128 Å². The van der Waals surface area contributed by atoms with E-state index in [1.54, 1.807) is 35.4 Å². The fourth-order valence-corrected chi connectivity index (χ4v) is 5.11. The highest BCUT2D eigenvalue weighted by atomic mass is 35.5. The van der Waals surface area contributed by atoms with Crippen molar-refractivity contribution < 1.29 is 23.8 Å². The van der Waals surface area contributed by atoms with E-state index in [-0.39, 0.29) is 25.3 Å². The molecule has 1 aliphatic rings. The van der Waals surface area contributed by atoms with E-state index < -0.39 is 5.91 Å². The summed E-state index contributed by atoms with van der Waals surface area (Å²) in [6.45, 7) is 7.14. The molecule has 0 unspecified atom stereocenters. The quantitative estimate of drug-likeness (QED) is 0.120. The highest BCUT2D eigenvalue weighted by molar-refractivity contribution is 6.32. The van der Waals surface area contributed by atoms with Crippen molar-refractivity contribution in [1.82, 2.24) is 19.9 Å². The van der Waals surface area contributed by atoms with Crippen molar-refractivity contribution in [2.24, 2.45) is 0 Å². The fourth-order valence-electron chi connectivity index (χ4n) is 4.87. The van der Waals surface area contributed by atoms with Gasteiger partial charge >= 0.3 is 6.09 Å². The number of halogens is 1. The van der Waals surface area contributed by atoms with Crippen molar-refractivity contribution in [2.75, 3.05) is 30.4 Å². The molecule has 45 heavy (non-hydrogen) atoms. The number of likely N-dealkylation sites (tertiary alicyclic amines) is 1. The Labute approximate surface area is 266 Å². The largest absolute Gasteiger partial charge is 0.489 e. The minimum absolute atomic E-state index is 0.152. The Balaban J connectivity index is 1.33. The van der Waals surface area contributed by atoms with E-state index in [0.29, 0.717) is 57.8 Å². The first kappa shape index (κ1) is 31.5. The molecule has 1 fully saturated rings. The average Bonchev–Trinajstić information content (AvgIpc) is 3.53. The maximum atomic E-state index is 12.6. The Morgan fingerprint density at radius 1 is 1.11 bits per heavy atom. The summed E-state index contributed by atoms with van der Waals surface area (Å²) in [5.74, 6) is 1.02. The third-order valence-corrected chi connectivity index (χ3v) is 7.54. The Kier molecular flexibility index (Phi) is 10.7. The van der Waals surface area contributed by atoms with E-state index in [2.05, 4.69) is 32.2 Å². The molecule has 0 spiro atoms. The first-order chi connectivity index (χ1) is 21.9. The first-order valence-electron chi connectivity index (χ1n) is 14.8. The van der Waals surface area contributed by atoms with Crippen LogP contribution < -0.4 is 20.1 Å². The normalized spacial score (nSPS) is 14.2. The predicted octanol–water partition coefficient (Wildman–Crippen LogP) is 6.91. The summed E-state index contributed by atoms with van der Waals surface area (Å²) in [6, 6.07) is 14.3. The van der Waals surface area contributed by atoms with Crippen LogP contribution in [0, 0.1) is 0 Å². The summed E-state index contributed by atoms with van der Waals surface area (Å²) in [5.41, 5.74) is 2.46. The number of pyridine rings is 1. The van der Waals surface area contributed by atoms with Gasteiger partial charge in [-0.1, -0.05) is 37.6 Å². The molecule has 0 saturated carbocycles. The summed E-state index contributed by atoms with van der Waals surface area (Å²) in [6.07, 6.45) is 7.41. The number of aromatic nitrogens is 3. The number of benzene rings is 2. The zero-order valence-electron chi connectivity index (χ0n) is 25.0. The van der Waals surface area contributed by atoms with Gasteiger partial charge in [-0.3, -0.25) is 9.78 Å². The number of hydrogen-bond acceptors (Lipinski definition) is 9. The van der Waals surface area contributed by atoms with Gasteiger partial charge in [-0.05, 0) is 61.7 Å². The lowest BCUT2D eigenvalue weighted by atomic mass is 10.1. The molecule has 234 valence electrons. The van der Waals surface area contributed by atoms with E-state index >= 15 is 0 Å². The van der Waals surface area contributed by atoms with E-state index in [9.17, 15) is 9.59 Å². The van der Waals surface area contributed by atoms with Gasteiger partial charge in [-0.2, -0.15) is 0 Å². The average molecular weight is 631 g/mol. The molecule has 1 atom stereocenters. The van der Waals surface area contributed by atoms with E-state index in [1.807, 2.05) is 31.2 Å². The number of rotatable bonds is 13. The monoisotopic (exact) mass is 630 g/mol. The van der Waals surface area contributed by atoms with Crippen LogP contribution in [0.15, 0.2) is 73.7 Å². The SMILES string of the molecule is C=CC(=O)Nc1cc2c(Nc3ccc(OCc4ccccn4)c(Cl)c3)ncnc2cc1OC[C@@H]1CCCN1C(=O)OCCCC. The molecule has 4 aromatic rings. The molecule has 0 radical (unpaired) electrons. The third-order valence-electron chi connectivity index (χ3n) is 7.24. The van der Waals surface area contributed by atoms with E-state index in [4.69, 9.17) is 25.8 Å². The maximum absolute atomic E-state index is 12.6. The number of carbonyl (C=O) groups is 2. The molecule has 0 bridgehead atoms. The molecule has 0 aliphatic carbocycles. The van der Waals surface area contributed by atoms with Gasteiger partial charge < -0.3 is 29.7 Å². The second-order valence-electron chi connectivity index (χ2n) is 10.4. The van der Waals surface area contributed by atoms with Crippen molar-refractivity contribution in [3.05, 3.63) is 84.4 Å². The number of hydrogen-bond donors (Lipinski definition) is 2. The van der Waals surface area contributed by atoms with Crippen LogP contribution in [0.2, 0.25) is 5.02 Å². The van der Waals surface area contributed by atoms with Crippen LogP contribution in [0.5, 0.6) is 11.5 Å². The Morgan fingerprint density at radius 2 is 2.00 bits per heavy atom. The lowest BCUT2D eigenvalue weighted by Gasteiger charge is -2.24. The van der Waals surface area contributed by atoms with Gasteiger partial charge in [-0.25, -0.2) is 14.8 Å². The second-order valence-corrected chi connectivity index (χ2v) is 10.8. The van der Waals surface area contributed by atoms with Gasteiger partial charge in [0.15, 0.2) is 0 Å². The van der Waals surface area contributed by atoms with Gasteiger partial charge in [0.2, 0.25) is 5.91 Å². The molecule has 3 heterocycles. The molecule has 2 amide bonds. The van der Waals surface area contributed by atoms with E-state index in [0.717, 1.165) is 31.4 Å². The van der Waals surface area contributed by atoms with Crippen molar-refractivity contribution in [3.8, 4) is 11.5 Å². The number of ether oxygens (including phenoxy) is 3. The number of unbranched alkanes of at least 4 members (excludes halogenated alkanes) is 1. The molecule has 12 heteroatoms. The molecule has 5 rings (SSSR count). The number of amides is 2. The van der Waals surface area contributed by atoms with Gasteiger partial charge in [0.05, 0.1) is 34.6 Å². The van der Waals surface area contributed by atoms with Crippen LogP contribution in [0.3, 0.4) is 0 Å². The highest BCUT2D eigenvalue weighted by Gasteiger charge is 2.30. The predicted molar refractivity (Wildman–Crippen MR) is 173 cm³/mol. The smallest absolute Gasteiger partial charge is 0.410 e. The molecule has 11 nitrogen and oxygen atoms in total. The van der Waals surface area contributed by atoms with Gasteiger partial charge in [0.1, 0.15) is 36.9 Å². The number of anilines is 3. The molecular formula is C33H35ClN6O5. The molecular weight excluding hydrogens is 596 g/mol. The Hall–Kier alpha value is -4.90. The minimum Gasteiger partial charge on any atom is -0.489 e. The van der Waals surface area contributed by atoms with Crippen LogP contribution in [0.1, 0.15) is 38.3 Å². The van der Waals surface area contributed by atoms with Crippen LogP contribution >= 0.6 is 11.6 Å². The van der Waals surface area contributed by atoms with Crippen molar-refractivity contribution >= 4 is 51.7 Å². The zero-order valence-corrected chi connectivity index (χ0v) is 25.8. The molecule has 2 N–H and O–H groups in total. The number of nitrogens with zero attached hydrogens (tertiary/aromatic N) is 4.